The molecule has 0 radical (unpaired) electrons. The van der Waals surface area contributed by atoms with Gasteiger partial charge in [-0.15, -0.1) is 0 Å². The fourth-order valence-corrected chi connectivity index (χ4v) is 2.86. The van der Waals surface area contributed by atoms with E-state index >= 15 is 0 Å². The predicted molar refractivity (Wildman–Crippen MR) is 82.0 cm³/mol. The molecule has 1 aliphatic rings. The Bertz CT molecular complexity index is 589. The summed E-state index contributed by atoms with van der Waals surface area (Å²) in [5.41, 5.74) is 2.17. The van der Waals surface area contributed by atoms with E-state index < -0.39 is 0 Å². The van der Waals surface area contributed by atoms with Crippen molar-refractivity contribution < 1.29 is 9.13 Å². The number of para-hydroxylation sites is 1. The maximum Gasteiger partial charge on any atom is 0.123 e. The highest BCUT2D eigenvalue weighted by Crippen LogP contribution is 2.34. The highest BCUT2D eigenvalue weighted by Gasteiger charge is 2.31. The standard InChI is InChI=1S/C18H20FNO/c1-2-10-20-18(14-7-5-8-15(19)11-14)17-12-13-6-3-4-9-16(13)21-17/h3-9,11,17-18,20H,2,10,12H2,1H3. The Balaban J connectivity index is 1.84. The summed E-state index contributed by atoms with van der Waals surface area (Å²) in [6.07, 6.45) is 1.90. The summed E-state index contributed by atoms with van der Waals surface area (Å²) in [7, 11) is 0. The Morgan fingerprint density at radius 1 is 1.24 bits per heavy atom. The summed E-state index contributed by atoms with van der Waals surface area (Å²) in [5.74, 6) is 0.744. The van der Waals surface area contributed by atoms with Crippen LogP contribution in [0.2, 0.25) is 0 Å². The number of rotatable bonds is 5. The molecule has 2 aromatic carbocycles. The first-order valence-corrected chi connectivity index (χ1v) is 7.51. The van der Waals surface area contributed by atoms with Crippen LogP contribution in [0.15, 0.2) is 48.5 Å². The topological polar surface area (TPSA) is 21.3 Å². The van der Waals surface area contributed by atoms with Gasteiger partial charge in [-0.2, -0.15) is 0 Å². The third kappa shape index (κ3) is 3.08. The average molecular weight is 285 g/mol. The summed E-state index contributed by atoms with van der Waals surface area (Å²) in [6, 6.07) is 14.9. The second-order valence-corrected chi connectivity index (χ2v) is 5.45. The van der Waals surface area contributed by atoms with Crippen molar-refractivity contribution in [2.45, 2.75) is 31.9 Å². The van der Waals surface area contributed by atoms with E-state index in [1.165, 1.54) is 11.6 Å². The van der Waals surface area contributed by atoms with Gasteiger partial charge in [0.15, 0.2) is 0 Å². The van der Waals surface area contributed by atoms with E-state index in [1.54, 1.807) is 12.1 Å². The lowest BCUT2D eigenvalue weighted by atomic mass is 9.97. The van der Waals surface area contributed by atoms with E-state index in [1.807, 2.05) is 24.3 Å². The van der Waals surface area contributed by atoms with Gasteiger partial charge in [-0.3, -0.25) is 0 Å². The summed E-state index contributed by atoms with van der Waals surface area (Å²) >= 11 is 0. The molecule has 2 aromatic rings. The van der Waals surface area contributed by atoms with Crippen LogP contribution in [0.4, 0.5) is 4.39 Å². The zero-order chi connectivity index (χ0) is 14.7. The van der Waals surface area contributed by atoms with Crippen molar-refractivity contribution in [3.63, 3.8) is 0 Å². The van der Waals surface area contributed by atoms with Crippen LogP contribution in [0.1, 0.15) is 30.5 Å². The van der Waals surface area contributed by atoms with Crippen molar-refractivity contribution in [1.82, 2.24) is 5.32 Å². The molecule has 2 unspecified atom stereocenters. The smallest absolute Gasteiger partial charge is 0.123 e. The quantitative estimate of drug-likeness (QED) is 0.900. The molecule has 1 aliphatic heterocycles. The largest absolute Gasteiger partial charge is 0.488 e. The van der Waals surface area contributed by atoms with Gasteiger partial charge in [0.2, 0.25) is 0 Å². The Labute approximate surface area is 125 Å². The van der Waals surface area contributed by atoms with Crippen molar-refractivity contribution in [2.75, 3.05) is 6.54 Å². The van der Waals surface area contributed by atoms with Crippen LogP contribution >= 0.6 is 0 Å². The molecular weight excluding hydrogens is 265 g/mol. The fourth-order valence-electron chi connectivity index (χ4n) is 2.86. The van der Waals surface area contributed by atoms with E-state index in [0.717, 1.165) is 30.7 Å². The van der Waals surface area contributed by atoms with Gasteiger partial charge in [0, 0.05) is 6.42 Å². The maximum absolute atomic E-state index is 13.5. The number of benzene rings is 2. The van der Waals surface area contributed by atoms with Gasteiger partial charge in [0.25, 0.3) is 0 Å². The SMILES string of the molecule is CCCNC(c1cccc(F)c1)C1Cc2ccccc2O1. The minimum Gasteiger partial charge on any atom is -0.488 e. The third-order valence-electron chi connectivity index (χ3n) is 3.87. The number of hydrogen-bond acceptors (Lipinski definition) is 2. The summed E-state index contributed by atoms with van der Waals surface area (Å²) in [5, 5.41) is 3.50. The van der Waals surface area contributed by atoms with Gasteiger partial charge >= 0.3 is 0 Å². The van der Waals surface area contributed by atoms with Crippen molar-refractivity contribution in [2.24, 2.45) is 0 Å². The Hall–Kier alpha value is -1.87. The number of ether oxygens (including phenoxy) is 1. The third-order valence-corrected chi connectivity index (χ3v) is 3.87. The molecule has 0 aliphatic carbocycles. The van der Waals surface area contributed by atoms with Gasteiger partial charge in [-0.25, -0.2) is 4.39 Å². The Kier molecular flexibility index (Phi) is 4.20. The molecule has 0 fully saturated rings. The van der Waals surface area contributed by atoms with Crippen LogP contribution < -0.4 is 10.1 Å². The van der Waals surface area contributed by atoms with E-state index in [2.05, 4.69) is 18.3 Å². The molecule has 3 heteroatoms. The number of halogens is 1. The van der Waals surface area contributed by atoms with Gasteiger partial charge in [0.05, 0.1) is 6.04 Å². The summed E-state index contributed by atoms with van der Waals surface area (Å²) in [6.45, 7) is 3.01. The maximum atomic E-state index is 13.5. The highest BCUT2D eigenvalue weighted by molar-refractivity contribution is 5.38. The molecule has 0 saturated carbocycles. The molecule has 1 heterocycles. The van der Waals surface area contributed by atoms with Crippen molar-refractivity contribution in [3.05, 3.63) is 65.5 Å². The minimum atomic E-state index is -0.202. The van der Waals surface area contributed by atoms with Crippen molar-refractivity contribution in [3.8, 4) is 5.75 Å². The minimum absolute atomic E-state index is 0.00745. The lowest BCUT2D eigenvalue weighted by Crippen LogP contribution is -2.35. The van der Waals surface area contributed by atoms with Crippen LogP contribution in [-0.4, -0.2) is 12.6 Å². The highest BCUT2D eigenvalue weighted by atomic mass is 19.1. The normalized spacial score (nSPS) is 18.1. The van der Waals surface area contributed by atoms with E-state index in [-0.39, 0.29) is 18.0 Å². The summed E-state index contributed by atoms with van der Waals surface area (Å²) in [4.78, 5) is 0. The second-order valence-electron chi connectivity index (χ2n) is 5.45. The second kappa shape index (κ2) is 6.27. The molecule has 3 rings (SSSR count). The van der Waals surface area contributed by atoms with Crippen LogP contribution in [-0.2, 0) is 6.42 Å². The molecule has 1 N–H and O–H groups in total. The summed E-state index contributed by atoms with van der Waals surface area (Å²) < 4.78 is 19.6. The average Bonchev–Trinajstić information content (AvgIpc) is 2.91. The molecule has 2 nitrogen and oxygen atoms in total. The lowest BCUT2D eigenvalue weighted by Gasteiger charge is -2.25. The Morgan fingerprint density at radius 2 is 2.10 bits per heavy atom. The predicted octanol–water partition coefficient (Wildman–Crippen LogP) is 3.87. The zero-order valence-corrected chi connectivity index (χ0v) is 12.2. The van der Waals surface area contributed by atoms with E-state index in [0.29, 0.717) is 0 Å². The van der Waals surface area contributed by atoms with Crippen LogP contribution in [0.3, 0.4) is 0 Å². The first kappa shape index (κ1) is 14.1. The molecule has 110 valence electrons. The van der Waals surface area contributed by atoms with Crippen LogP contribution in [0.5, 0.6) is 5.75 Å². The van der Waals surface area contributed by atoms with Gasteiger partial charge in [-0.05, 0) is 42.3 Å². The number of fused-ring (bicyclic) bond motifs is 1. The molecule has 2 atom stereocenters. The monoisotopic (exact) mass is 285 g/mol. The molecule has 21 heavy (non-hydrogen) atoms. The van der Waals surface area contributed by atoms with Crippen molar-refractivity contribution in [1.29, 1.82) is 0 Å². The van der Waals surface area contributed by atoms with Gasteiger partial charge in [0.1, 0.15) is 17.7 Å². The molecule has 0 aromatic heterocycles. The lowest BCUT2D eigenvalue weighted by molar-refractivity contribution is 0.178. The van der Waals surface area contributed by atoms with Gasteiger partial charge < -0.3 is 10.1 Å². The zero-order valence-electron chi connectivity index (χ0n) is 12.2. The first-order chi connectivity index (χ1) is 10.3. The van der Waals surface area contributed by atoms with Gasteiger partial charge in [-0.1, -0.05) is 37.3 Å². The van der Waals surface area contributed by atoms with E-state index in [9.17, 15) is 4.39 Å². The Morgan fingerprint density at radius 3 is 2.86 bits per heavy atom. The number of nitrogens with one attached hydrogen (secondary N) is 1. The van der Waals surface area contributed by atoms with E-state index in [4.69, 9.17) is 4.74 Å². The first-order valence-electron chi connectivity index (χ1n) is 7.51. The van der Waals surface area contributed by atoms with Crippen LogP contribution in [0.25, 0.3) is 0 Å². The molecule has 0 saturated heterocycles. The fraction of sp³-hybridized carbons (Fsp3) is 0.333. The van der Waals surface area contributed by atoms with Crippen LogP contribution in [0, 0.1) is 5.82 Å². The molecule has 0 amide bonds. The molecular formula is C18H20FNO. The molecule has 0 bridgehead atoms. The van der Waals surface area contributed by atoms with Crippen molar-refractivity contribution >= 4 is 0 Å². The molecule has 0 spiro atoms. The number of hydrogen-bond donors (Lipinski definition) is 1.